The summed E-state index contributed by atoms with van der Waals surface area (Å²) in [6.45, 7) is 8.84. The zero-order valence-electron chi connectivity index (χ0n) is 21.2. The molecule has 2 aromatic carbocycles. The number of allylic oxidation sites excluding steroid dienone is 1. The van der Waals surface area contributed by atoms with Gasteiger partial charge in [0.05, 0.1) is 17.9 Å². The number of rotatable bonds is 9. The molecule has 0 radical (unpaired) electrons. The maximum absolute atomic E-state index is 12.6. The van der Waals surface area contributed by atoms with Crippen LogP contribution in [0.2, 0.25) is 0 Å². The molecular weight excluding hydrogens is 485 g/mol. The lowest BCUT2D eigenvalue weighted by molar-refractivity contribution is -0.274. The standard InChI is InChI=1S/C28H31F3N2O4/c1-6-18(3)16-33(5)27-19(4)25(20-8-11-23(12-9-20)37-28(29,30)31)14-21(15-32-26(36)7-2)24(27)13-10-22(35)17-34/h7-9,11-12,14,16,22,34-35H,2,6,15,17H2,1,3-5H3,(H,32,36)/b18-16+. The predicted molar refractivity (Wildman–Crippen MR) is 138 cm³/mol. The van der Waals surface area contributed by atoms with E-state index in [0.717, 1.165) is 23.6 Å². The van der Waals surface area contributed by atoms with E-state index in [1.165, 1.54) is 24.3 Å². The molecular formula is C28H31F3N2O4. The van der Waals surface area contributed by atoms with E-state index < -0.39 is 25.0 Å². The molecule has 0 spiro atoms. The number of nitrogens with one attached hydrogen (secondary N) is 1. The number of carbonyl (C=O) groups is 1. The highest BCUT2D eigenvalue weighted by molar-refractivity contribution is 5.87. The van der Waals surface area contributed by atoms with E-state index in [0.29, 0.717) is 27.9 Å². The average Bonchev–Trinajstić information content (AvgIpc) is 2.85. The number of halogens is 3. The monoisotopic (exact) mass is 516 g/mol. The molecule has 0 aliphatic carbocycles. The molecule has 37 heavy (non-hydrogen) atoms. The van der Waals surface area contributed by atoms with Crippen molar-refractivity contribution >= 4 is 11.6 Å². The number of hydrogen-bond donors (Lipinski definition) is 3. The summed E-state index contributed by atoms with van der Waals surface area (Å²) in [5.41, 5.74) is 5.00. The minimum atomic E-state index is -4.80. The number of aliphatic hydroxyl groups excluding tert-OH is 2. The van der Waals surface area contributed by atoms with Crippen LogP contribution < -0.4 is 15.0 Å². The third kappa shape index (κ3) is 8.41. The molecule has 0 fully saturated rings. The quantitative estimate of drug-likeness (QED) is 0.329. The van der Waals surface area contributed by atoms with Crippen LogP contribution in [-0.2, 0) is 11.3 Å². The van der Waals surface area contributed by atoms with Crippen molar-refractivity contribution in [2.45, 2.75) is 46.2 Å². The van der Waals surface area contributed by atoms with Crippen LogP contribution in [0, 0.1) is 18.8 Å². The van der Waals surface area contributed by atoms with E-state index in [4.69, 9.17) is 0 Å². The summed E-state index contributed by atoms with van der Waals surface area (Å²) in [6, 6.07) is 7.30. The number of benzene rings is 2. The summed E-state index contributed by atoms with van der Waals surface area (Å²) in [4.78, 5) is 13.8. The Bertz CT molecular complexity index is 1210. The molecule has 9 heteroatoms. The summed E-state index contributed by atoms with van der Waals surface area (Å²) in [7, 11) is 1.84. The van der Waals surface area contributed by atoms with Crippen molar-refractivity contribution in [1.82, 2.24) is 5.32 Å². The van der Waals surface area contributed by atoms with E-state index in [1.54, 1.807) is 6.07 Å². The van der Waals surface area contributed by atoms with Gasteiger partial charge in [-0.15, -0.1) is 13.2 Å². The van der Waals surface area contributed by atoms with E-state index in [2.05, 4.69) is 28.5 Å². The second-order valence-electron chi connectivity index (χ2n) is 8.33. The maximum Gasteiger partial charge on any atom is 0.573 e. The number of alkyl halides is 3. The van der Waals surface area contributed by atoms with Gasteiger partial charge in [0, 0.05) is 19.8 Å². The lowest BCUT2D eigenvalue weighted by atomic mass is 9.91. The Morgan fingerprint density at radius 3 is 2.49 bits per heavy atom. The zero-order chi connectivity index (χ0) is 27.8. The van der Waals surface area contributed by atoms with Gasteiger partial charge in [-0.05, 0) is 66.8 Å². The van der Waals surface area contributed by atoms with Gasteiger partial charge in [-0.1, -0.05) is 43.0 Å². The minimum absolute atomic E-state index is 0.0734. The summed E-state index contributed by atoms with van der Waals surface area (Å²) in [6.07, 6.45) is -2.19. The molecule has 0 saturated heterocycles. The lowest BCUT2D eigenvalue weighted by Gasteiger charge is -2.25. The molecule has 2 aromatic rings. The fraction of sp³-hybridized carbons (Fsp3) is 0.321. The highest BCUT2D eigenvalue weighted by Crippen LogP contribution is 2.37. The number of anilines is 1. The molecule has 0 saturated carbocycles. The normalized spacial score (nSPS) is 12.3. The molecule has 2 rings (SSSR count). The highest BCUT2D eigenvalue weighted by Gasteiger charge is 2.31. The number of aliphatic hydroxyl groups is 2. The van der Waals surface area contributed by atoms with Crippen LogP contribution in [0.1, 0.15) is 37.0 Å². The van der Waals surface area contributed by atoms with Gasteiger partial charge < -0.3 is 25.2 Å². The molecule has 0 heterocycles. The van der Waals surface area contributed by atoms with Crippen molar-refractivity contribution in [2.24, 2.45) is 0 Å². The summed E-state index contributed by atoms with van der Waals surface area (Å²) >= 11 is 0. The highest BCUT2D eigenvalue weighted by atomic mass is 19.4. The van der Waals surface area contributed by atoms with Crippen LogP contribution in [0.4, 0.5) is 18.9 Å². The van der Waals surface area contributed by atoms with Crippen molar-refractivity contribution in [3.63, 3.8) is 0 Å². The molecule has 0 aliphatic rings. The molecule has 1 unspecified atom stereocenters. The second kappa shape index (κ2) is 13.0. The van der Waals surface area contributed by atoms with Gasteiger partial charge in [0.25, 0.3) is 0 Å². The van der Waals surface area contributed by atoms with Crippen LogP contribution in [0.3, 0.4) is 0 Å². The first kappa shape index (κ1) is 29.5. The van der Waals surface area contributed by atoms with Crippen molar-refractivity contribution in [2.75, 3.05) is 18.6 Å². The van der Waals surface area contributed by atoms with Crippen LogP contribution in [0.5, 0.6) is 5.75 Å². The molecule has 198 valence electrons. The molecule has 0 aliphatic heterocycles. The summed E-state index contributed by atoms with van der Waals surface area (Å²) in [5, 5.41) is 21.8. The van der Waals surface area contributed by atoms with Gasteiger partial charge in [0.1, 0.15) is 11.9 Å². The molecule has 1 atom stereocenters. The Labute approximate surface area is 215 Å². The third-order valence-electron chi connectivity index (χ3n) is 5.53. The largest absolute Gasteiger partial charge is 0.573 e. The van der Waals surface area contributed by atoms with Crippen LogP contribution in [-0.4, -0.2) is 42.2 Å². The van der Waals surface area contributed by atoms with E-state index >= 15 is 0 Å². The zero-order valence-corrected chi connectivity index (χ0v) is 21.2. The van der Waals surface area contributed by atoms with Gasteiger partial charge in [0.15, 0.2) is 0 Å². The van der Waals surface area contributed by atoms with E-state index in [-0.39, 0.29) is 12.3 Å². The van der Waals surface area contributed by atoms with Crippen molar-refractivity contribution in [1.29, 1.82) is 0 Å². The second-order valence-corrected chi connectivity index (χ2v) is 8.33. The Kier molecular flexibility index (Phi) is 10.4. The molecule has 1 amide bonds. The Balaban J connectivity index is 2.80. The van der Waals surface area contributed by atoms with Gasteiger partial charge in [0.2, 0.25) is 5.91 Å². The average molecular weight is 517 g/mol. The fourth-order valence-electron chi connectivity index (χ4n) is 3.62. The lowest BCUT2D eigenvalue weighted by Crippen LogP contribution is -2.22. The fourth-order valence-corrected chi connectivity index (χ4v) is 3.62. The summed E-state index contributed by atoms with van der Waals surface area (Å²) in [5.74, 6) is 4.83. The summed E-state index contributed by atoms with van der Waals surface area (Å²) < 4.78 is 41.8. The Morgan fingerprint density at radius 1 is 1.30 bits per heavy atom. The maximum atomic E-state index is 12.6. The van der Waals surface area contributed by atoms with Gasteiger partial charge in [-0.25, -0.2) is 0 Å². The van der Waals surface area contributed by atoms with Crippen LogP contribution in [0.15, 0.2) is 54.8 Å². The molecule has 0 bridgehead atoms. The first-order chi connectivity index (χ1) is 17.4. The third-order valence-corrected chi connectivity index (χ3v) is 5.53. The molecule has 0 aromatic heterocycles. The topological polar surface area (TPSA) is 82.0 Å². The van der Waals surface area contributed by atoms with Crippen molar-refractivity contribution in [3.8, 4) is 28.7 Å². The first-order valence-corrected chi connectivity index (χ1v) is 11.5. The van der Waals surface area contributed by atoms with Gasteiger partial charge >= 0.3 is 6.36 Å². The number of ether oxygens (including phenoxy) is 1. The van der Waals surface area contributed by atoms with Gasteiger partial charge in [-0.2, -0.15) is 0 Å². The van der Waals surface area contributed by atoms with Crippen molar-refractivity contribution in [3.05, 3.63) is 71.5 Å². The SMILES string of the molecule is C=CC(=O)NCc1cc(-c2ccc(OC(F)(F)F)cc2)c(C)c(N(C)/C=C(\C)CC)c1C#CC(O)CO. The van der Waals surface area contributed by atoms with E-state index in [9.17, 15) is 28.2 Å². The number of carbonyl (C=O) groups excluding carboxylic acids is 1. The number of nitrogens with zero attached hydrogens (tertiary/aromatic N) is 1. The van der Waals surface area contributed by atoms with Crippen molar-refractivity contribution < 1.29 is 32.9 Å². The van der Waals surface area contributed by atoms with Gasteiger partial charge in [-0.3, -0.25) is 4.79 Å². The Hall–Kier alpha value is -3.74. The van der Waals surface area contributed by atoms with Crippen LogP contribution in [0.25, 0.3) is 11.1 Å². The minimum Gasteiger partial charge on any atom is -0.406 e. The Morgan fingerprint density at radius 2 is 1.95 bits per heavy atom. The van der Waals surface area contributed by atoms with Crippen LogP contribution >= 0.6 is 0 Å². The van der Waals surface area contributed by atoms with E-state index in [1.807, 2.05) is 38.9 Å². The number of hydrogen-bond acceptors (Lipinski definition) is 5. The smallest absolute Gasteiger partial charge is 0.406 e. The predicted octanol–water partition coefficient (Wildman–Crippen LogP) is 4.82. The first-order valence-electron chi connectivity index (χ1n) is 11.5. The molecule has 3 N–H and O–H groups in total. The molecule has 6 nitrogen and oxygen atoms in total. The number of amides is 1.